The molecule has 0 aliphatic heterocycles. The van der Waals surface area contributed by atoms with Crippen LogP contribution in [0.4, 0.5) is 5.82 Å². The lowest BCUT2D eigenvalue weighted by Gasteiger charge is -2.05. The maximum absolute atomic E-state index is 5.32. The Balaban J connectivity index is 2.24. The number of hydrogen-bond donors (Lipinski definition) is 2. The van der Waals surface area contributed by atoms with Crippen LogP contribution in [0.15, 0.2) is 18.5 Å². The van der Waals surface area contributed by atoms with Crippen molar-refractivity contribution in [2.24, 2.45) is 5.84 Å². The molecule has 0 spiro atoms. The fourth-order valence-corrected chi connectivity index (χ4v) is 1.79. The van der Waals surface area contributed by atoms with Gasteiger partial charge < -0.3 is 5.43 Å². The van der Waals surface area contributed by atoms with Gasteiger partial charge in [0.05, 0.1) is 9.77 Å². The van der Waals surface area contributed by atoms with E-state index in [1.54, 1.807) is 16.9 Å². The van der Waals surface area contributed by atoms with E-state index in [2.05, 4.69) is 43.1 Å². The van der Waals surface area contributed by atoms with Crippen molar-refractivity contribution in [3.8, 4) is 0 Å². The molecule has 0 unspecified atom stereocenters. The van der Waals surface area contributed by atoms with Crippen molar-refractivity contribution in [3.63, 3.8) is 0 Å². The van der Waals surface area contributed by atoms with Gasteiger partial charge in [-0.3, -0.25) is 4.68 Å². The zero-order valence-electron chi connectivity index (χ0n) is 8.68. The number of anilines is 1. The van der Waals surface area contributed by atoms with E-state index < -0.39 is 0 Å². The third-order valence-electron chi connectivity index (χ3n) is 1.95. The molecule has 3 N–H and O–H groups in total. The van der Waals surface area contributed by atoms with Gasteiger partial charge in [-0.25, -0.2) is 15.8 Å². The van der Waals surface area contributed by atoms with Gasteiger partial charge in [0.25, 0.3) is 0 Å². The molecule has 0 fully saturated rings. The summed E-state index contributed by atoms with van der Waals surface area (Å²) in [6.45, 7) is 2.44. The van der Waals surface area contributed by atoms with Crippen molar-refractivity contribution < 1.29 is 0 Å². The minimum atomic E-state index is 0.541. The number of nitrogens with zero attached hydrogens (tertiary/aromatic N) is 4. The van der Waals surface area contributed by atoms with Gasteiger partial charge in [-0.2, -0.15) is 5.10 Å². The topological polar surface area (TPSA) is 81.6 Å². The first-order chi connectivity index (χ1) is 7.67. The highest BCUT2D eigenvalue weighted by Gasteiger charge is 2.03. The molecule has 0 aromatic carbocycles. The Labute approximate surface area is 106 Å². The van der Waals surface area contributed by atoms with Crippen LogP contribution in [-0.4, -0.2) is 19.7 Å². The monoisotopic (exact) mass is 330 g/mol. The summed E-state index contributed by atoms with van der Waals surface area (Å²) < 4.78 is 2.87. The quantitative estimate of drug-likeness (QED) is 0.497. The van der Waals surface area contributed by atoms with Gasteiger partial charge in [-0.05, 0) is 29.5 Å². The molecule has 0 aliphatic rings. The smallest absolute Gasteiger partial charge is 0.152 e. The van der Waals surface area contributed by atoms with Crippen LogP contribution < -0.4 is 11.3 Å². The molecular formula is C9H11IN6. The standard InChI is InChI=1S/C9H11IN6/c1-6-2-8(15-11)14-9(13-6)5-16-4-7(10)3-12-16/h2-4H,5,11H2,1H3,(H,13,14,15). The molecule has 2 aromatic rings. The van der Waals surface area contributed by atoms with E-state index >= 15 is 0 Å². The van der Waals surface area contributed by atoms with Crippen LogP contribution in [0.1, 0.15) is 11.5 Å². The van der Waals surface area contributed by atoms with E-state index in [1.165, 1.54) is 0 Å². The fourth-order valence-electron chi connectivity index (χ4n) is 1.34. The molecule has 7 heteroatoms. The summed E-state index contributed by atoms with van der Waals surface area (Å²) in [5, 5.41) is 4.17. The van der Waals surface area contributed by atoms with E-state index in [4.69, 9.17) is 5.84 Å². The molecule has 0 atom stereocenters. The highest BCUT2D eigenvalue weighted by atomic mass is 127. The minimum absolute atomic E-state index is 0.541. The molecule has 0 saturated carbocycles. The Kier molecular flexibility index (Phi) is 3.34. The van der Waals surface area contributed by atoms with E-state index in [1.807, 2.05) is 13.1 Å². The first kappa shape index (κ1) is 11.3. The number of aromatic nitrogens is 4. The summed E-state index contributed by atoms with van der Waals surface area (Å²) >= 11 is 2.21. The Hall–Kier alpha value is -1.22. The molecule has 2 aromatic heterocycles. The number of nitrogens with one attached hydrogen (secondary N) is 1. The SMILES string of the molecule is Cc1cc(NN)nc(Cn2cc(I)cn2)n1. The summed E-state index contributed by atoms with van der Waals surface area (Å²) in [6, 6.07) is 1.79. The minimum Gasteiger partial charge on any atom is -0.308 e. The van der Waals surface area contributed by atoms with Crippen molar-refractivity contribution in [1.29, 1.82) is 0 Å². The van der Waals surface area contributed by atoms with Gasteiger partial charge in [-0.1, -0.05) is 0 Å². The van der Waals surface area contributed by atoms with Gasteiger partial charge in [0.2, 0.25) is 0 Å². The zero-order chi connectivity index (χ0) is 11.5. The van der Waals surface area contributed by atoms with Crippen LogP contribution in [-0.2, 0) is 6.54 Å². The first-order valence-electron chi connectivity index (χ1n) is 4.66. The molecule has 0 radical (unpaired) electrons. The molecule has 0 bridgehead atoms. The first-order valence-corrected chi connectivity index (χ1v) is 5.74. The predicted octanol–water partition coefficient (Wildman–Crippen LogP) is 0.920. The maximum Gasteiger partial charge on any atom is 0.152 e. The summed E-state index contributed by atoms with van der Waals surface area (Å²) in [7, 11) is 0. The predicted molar refractivity (Wildman–Crippen MR) is 68.6 cm³/mol. The number of rotatable bonds is 3. The Morgan fingerprint density at radius 1 is 1.50 bits per heavy atom. The second-order valence-electron chi connectivity index (χ2n) is 3.31. The largest absolute Gasteiger partial charge is 0.308 e. The lowest BCUT2D eigenvalue weighted by Crippen LogP contribution is -2.12. The highest BCUT2D eigenvalue weighted by molar-refractivity contribution is 14.1. The Morgan fingerprint density at radius 2 is 2.31 bits per heavy atom. The van der Waals surface area contributed by atoms with Crippen molar-refractivity contribution in [1.82, 2.24) is 19.7 Å². The van der Waals surface area contributed by atoms with Crippen LogP contribution in [0.5, 0.6) is 0 Å². The fraction of sp³-hybridized carbons (Fsp3) is 0.222. The number of nitrogens with two attached hydrogens (primary N) is 1. The lowest BCUT2D eigenvalue weighted by atomic mass is 10.4. The molecule has 0 amide bonds. The van der Waals surface area contributed by atoms with Crippen LogP contribution in [0.3, 0.4) is 0 Å². The number of hydrazine groups is 1. The van der Waals surface area contributed by atoms with Gasteiger partial charge in [0, 0.05) is 18.0 Å². The Morgan fingerprint density at radius 3 is 2.94 bits per heavy atom. The number of halogens is 1. The van der Waals surface area contributed by atoms with E-state index in [-0.39, 0.29) is 0 Å². The third-order valence-corrected chi connectivity index (χ3v) is 2.51. The molecular weight excluding hydrogens is 319 g/mol. The normalized spacial score (nSPS) is 10.4. The summed E-state index contributed by atoms with van der Waals surface area (Å²) in [5.74, 6) is 6.62. The molecule has 6 nitrogen and oxygen atoms in total. The van der Waals surface area contributed by atoms with Gasteiger partial charge in [0.1, 0.15) is 12.4 Å². The van der Waals surface area contributed by atoms with Crippen molar-refractivity contribution >= 4 is 28.4 Å². The van der Waals surface area contributed by atoms with E-state index in [0.717, 1.165) is 9.26 Å². The van der Waals surface area contributed by atoms with E-state index in [0.29, 0.717) is 18.2 Å². The lowest BCUT2D eigenvalue weighted by molar-refractivity contribution is 0.653. The van der Waals surface area contributed by atoms with Gasteiger partial charge in [0.15, 0.2) is 5.82 Å². The van der Waals surface area contributed by atoms with Gasteiger partial charge >= 0.3 is 0 Å². The molecule has 0 saturated heterocycles. The molecule has 2 heterocycles. The second kappa shape index (κ2) is 4.74. The number of nitrogen functional groups attached to an aromatic ring is 1. The molecule has 0 aliphatic carbocycles. The third kappa shape index (κ3) is 2.67. The summed E-state index contributed by atoms with van der Waals surface area (Å²) in [6.07, 6.45) is 3.72. The van der Waals surface area contributed by atoms with Crippen molar-refractivity contribution in [3.05, 3.63) is 33.5 Å². The second-order valence-corrected chi connectivity index (χ2v) is 4.56. The summed E-state index contributed by atoms with van der Waals surface area (Å²) in [5.41, 5.74) is 3.39. The zero-order valence-corrected chi connectivity index (χ0v) is 10.8. The van der Waals surface area contributed by atoms with Crippen molar-refractivity contribution in [2.75, 3.05) is 5.43 Å². The van der Waals surface area contributed by atoms with Gasteiger partial charge in [-0.15, -0.1) is 0 Å². The van der Waals surface area contributed by atoms with Crippen LogP contribution in [0.2, 0.25) is 0 Å². The number of hydrogen-bond acceptors (Lipinski definition) is 5. The van der Waals surface area contributed by atoms with Crippen LogP contribution in [0, 0.1) is 10.5 Å². The average molecular weight is 330 g/mol. The summed E-state index contributed by atoms with van der Waals surface area (Å²) in [4.78, 5) is 8.56. The van der Waals surface area contributed by atoms with Crippen LogP contribution in [0.25, 0.3) is 0 Å². The number of aryl methyl sites for hydroxylation is 1. The highest BCUT2D eigenvalue weighted by Crippen LogP contribution is 2.07. The molecule has 2 rings (SSSR count). The molecule has 84 valence electrons. The average Bonchev–Trinajstić information content (AvgIpc) is 2.63. The Bertz CT molecular complexity index is 494. The van der Waals surface area contributed by atoms with Crippen molar-refractivity contribution in [2.45, 2.75) is 13.5 Å². The molecule has 16 heavy (non-hydrogen) atoms. The van der Waals surface area contributed by atoms with Crippen LogP contribution >= 0.6 is 22.6 Å². The maximum atomic E-state index is 5.32. The van der Waals surface area contributed by atoms with E-state index in [9.17, 15) is 0 Å².